The summed E-state index contributed by atoms with van der Waals surface area (Å²) >= 11 is 5.70. The second kappa shape index (κ2) is 6.19. The van der Waals surface area contributed by atoms with Crippen LogP contribution in [0.15, 0.2) is 0 Å². The number of hydrogen-bond acceptors (Lipinski definition) is 6. The summed E-state index contributed by atoms with van der Waals surface area (Å²) in [6.45, 7) is 2.78. The number of nitrogen functional groups attached to an aromatic ring is 1. The number of likely N-dealkylation sites (N-methyl/N-ethyl adjacent to an activating group) is 1. The van der Waals surface area contributed by atoms with Crippen LogP contribution in [0.5, 0.6) is 0 Å². The average Bonchev–Trinajstić information content (AvgIpc) is 2.27. The highest BCUT2D eigenvalue weighted by atomic mass is 35.5. The Hall–Kier alpha value is -1.63. The minimum atomic E-state index is -0.131. The molecule has 0 bridgehead atoms. The number of aromatic nitrogens is 3. The van der Waals surface area contributed by atoms with Gasteiger partial charge in [-0.25, -0.2) is 0 Å². The molecule has 8 heteroatoms. The first kappa shape index (κ1) is 13.4. The van der Waals surface area contributed by atoms with Gasteiger partial charge < -0.3 is 16.0 Å². The van der Waals surface area contributed by atoms with Crippen molar-refractivity contribution in [3.8, 4) is 0 Å². The Morgan fingerprint density at radius 3 is 2.71 bits per heavy atom. The predicted octanol–water partition coefficient (Wildman–Crippen LogP) is 0.0696. The highest BCUT2D eigenvalue weighted by Crippen LogP contribution is 2.12. The van der Waals surface area contributed by atoms with Crippen LogP contribution in [0.2, 0.25) is 5.28 Å². The maximum atomic E-state index is 11.4. The molecule has 3 N–H and O–H groups in total. The summed E-state index contributed by atoms with van der Waals surface area (Å²) in [5.41, 5.74) is 5.48. The van der Waals surface area contributed by atoms with Gasteiger partial charge in [0.15, 0.2) is 0 Å². The summed E-state index contributed by atoms with van der Waals surface area (Å²) in [5.74, 6) is 0.222. The highest BCUT2D eigenvalue weighted by Gasteiger charge is 2.14. The van der Waals surface area contributed by atoms with Crippen LogP contribution < -0.4 is 16.0 Å². The van der Waals surface area contributed by atoms with Crippen molar-refractivity contribution < 1.29 is 4.79 Å². The third-order valence-electron chi connectivity index (χ3n) is 2.00. The van der Waals surface area contributed by atoms with Crippen molar-refractivity contribution in [2.75, 3.05) is 30.8 Å². The first-order valence-electron chi connectivity index (χ1n) is 5.19. The molecule has 94 valence electrons. The van der Waals surface area contributed by atoms with E-state index in [-0.39, 0.29) is 23.7 Å². The van der Waals surface area contributed by atoms with E-state index in [2.05, 4.69) is 20.3 Å². The topological polar surface area (TPSA) is 97.0 Å². The van der Waals surface area contributed by atoms with Gasteiger partial charge in [-0.15, -0.1) is 0 Å². The van der Waals surface area contributed by atoms with Crippen LogP contribution in [0.25, 0.3) is 0 Å². The lowest BCUT2D eigenvalue weighted by atomic mass is 10.4. The standard InChI is InChI=1S/C9H15ClN6O/c1-3-4-16(5-6(17)12-2)9-14-7(10)13-8(11)15-9/h3-5H2,1-2H3,(H,12,17)(H2,11,13,14,15). The summed E-state index contributed by atoms with van der Waals surface area (Å²) in [5, 5.41) is 2.56. The van der Waals surface area contributed by atoms with Gasteiger partial charge in [0.05, 0.1) is 6.54 Å². The molecule has 1 heterocycles. The van der Waals surface area contributed by atoms with Crippen molar-refractivity contribution in [3.63, 3.8) is 0 Å². The summed E-state index contributed by atoms with van der Waals surface area (Å²) < 4.78 is 0. The number of nitrogens with zero attached hydrogens (tertiary/aromatic N) is 4. The lowest BCUT2D eigenvalue weighted by Gasteiger charge is -2.20. The summed E-state index contributed by atoms with van der Waals surface area (Å²) in [4.78, 5) is 24.6. The van der Waals surface area contributed by atoms with Crippen LogP contribution in [-0.4, -0.2) is 41.0 Å². The smallest absolute Gasteiger partial charge is 0.239 e. The Morgan fingerprint density at radius 1 is 1.47 bits per heavy atom. The molecule has 0 fully saturated rings. The van der Waals surface area contributed by atoms with Gasteiger partial charge in [-0.05, 0) is 18.0 Å². The fraction of sp³-hybridized carbons (Fsp3) is 0.556. The van der Waals surface area contributed by atoms with E-state index in [1.54, 1.807) is 11.9 Å². The Kier molecular flexibility index (Phi) is 4.89. The molecule has 0 saturated carbocycles. The first-order valence-corrected chi connectivity index (χ1v) is 5.57. The quantitative estimate of drug-likeness (QED) is 0.776. The minimum absolute atomic E-state index is 0.0190. The van der Waals surface area contributed by atoms with E-state index in [0.717, 1.165) is 6.42 Å². The van der Waals surface area contributed by atoms with Crippen LogP contribution in [0, 0.1) is 0 Å². The first-order chi connectivity index (χ1) is 8.06. The predicted molar refractivity (Wildman–Crippen MR) is 65.8 cm³/mol. The number of carbonyl (C=O) groups is 1. The summed E-state index contributed by atoms with van der Waals surface area (Å²) in [6, 6.07) is 0. The zero-order valence-electron chi connectivity index (χ0n) is 9.77. The molecular formula is C9H15ClN6O. The van der Waals surface area contributed by atoms with E-state index in [4.69, 9.17) is 17.3 Å². The Labute approximate surface area is 104 Å². The van der Waals surface area contributed by atoms with E-state index in [1.807, 2.05) is 6.92 Å². The van der Waals surface area contributed by atoms with Crippen LogP contribution in [0.4, 0.5) is 11.9 Å². The lowest BCUT2D eigenvalue weighted by Crippen LogP contribution is -2.37. The van der Waals surface area contributed by atoms with E-state index in [0.29, 0.717) is 12.5 Å². The molecule has 0 radical (unpaired) electrons. The van der Waals surface area contributed by atoms with Gasteiger partial charge in [0.1, 0.15) is 0 Å². The zero-order chi connectivity index (χ0) is 12.8. The van der Waals surface area contributed by atoms with Gasteiger partial charge in [0.25, 0.3) is 0 Å². The monoisotopic (exact) mass is 258 g/mol. The Bertz CT molecular complexity index is 379. The van der Waals surface area contributed by atoms with Crippen molar-refractivity contribution in [3.05, 3.63) is 5.28 Å². The molecule has 17 heavy (non-hydrogen) atoms. The van der Waals surface area contributed by atoms with Crippen LogP contribution in [-0.2, 0) is 4.79 Å². The SMILES string of the molecule is CCCN(CC(=O)NC)c1nc(N)nc(Cl)n1. The molecule has 1 aromatic heterocycles. The fourth-order valence-corrected chi connectivity index (χ4v) is 1.43. The Morgan fingerprint density at radius 2 is 2.18 bits per heavy atom. The summed E-state index contributed by atoms with van der Waals surface area (Å²) in [7, 11) is 1.57. The lowest BCUT2D eigenvalue weighted by molar-refractivity contribution is -0.119. The van der Waals surface area contributed by atoms with Gasteiger partial charge in [-0.2, -0.15) is 15.0 Å². The highest BCUT2D eigenvalue weighted by molar-refractivity contribution is 6.28. The number of hydrogen-bond donors (Lipinski definition) is 2. The minimum Gasteiger partial charge on any atom is -0.368 e. The number of halogens is 1. The number of nitrogens with one attached hydrogen (secondary N) is 1. The van der Waals surface area contributed by atoms with Crippen molar-refractivity contribution in [2.24, 2.45) is 0 Å². The summed E-state index contributed by atoms with van der Waals surface area (Å²) in [6.07, 6.45) is 0.847. The molecule has 0 spiro atoms. The number of carbonyl (C=O) groups excluding carboxylic acids is 1. The van der Waals surface area contributed by atoms with Crippen LogP contribution >= 0.6 is 11.6 Å². The number of nitrogens with two attached hydrogens (primary N) is 1. The maximum Gasteiger partial charge on any atom is 0.239 e. The molecule has 0 aromatic carbocycles. The van der Waals surface area contributed by atoms with Gasteiger partial charge in [-0.3, -0.25) is 4.79 Å². The largest absolute Gasteiger partial charge is 0.368 e. The van der Waals surface area contributed by atoms with E-state index < -0.39 is 0 Å². The molecule has 1 aromatic rings. The fourth-order valence-electron chi connectivity index (χ4n) is 1.27. The van der Waals surface area contributed by atoms with E-state index >= 15 is 0 Å². The van der Waals surface area contributed by atoms with Crippen molar-refractivity contribution in [2.45, 2.75) is 13.3 Å². The molecule has 0 atom stereocenters. The van der Waals surface area contributed by atoms with E-state index in [9.17, 15) is 4.79 Å². The molecule has 0 aliphatic carbocycles. The second-order valence-electron chi connectivity index (χ2n) is 3.36. The van der Waals surface area contributed by atoms with Crippen molar-refractivity contribution >= 4 is 29.4 Å². The molecule has 1 rings (SSSR count). The molecule has 1 amide bonds. The van der Waals surface area contributed by atoms with Crippen LogP contribution in [0.1, 0.15) is 13.3 Å². The van der Waals surface area contributed by atoms with Crippen LogP contribution in [0.3, 0.4) is 0 Å². The van der Waals surface area contributed by atoms with Gasteiger partial charge in [0.2, 0.25) is 23.1 Å². The van der Waals surface area contributed by atoms with Gasteiger partial charge in [-0.1, -0.05) is 6.92 Å². The normalized spacial score (nSPS) is 10.1. The van der Waals surface area contributed by atoms with Gasteiger partial charge in [0, 0.05) is 13.6 Å². The second-order valence-corrected chi connectivity index (χ2v) is 3.70. The molecule has 7 nitrogen and oxygen atoms in total. The molecule has 0 unspecified atom stereocenters. The number of rotatable bonds is 5. The third-order valence-corrected chi connectivity index (χ3v) is 2.17. The number of anilines is 2. The van der Waals surface area contributed by atoms with Gasteiger partial charge >= 0.3 is 0 Å². The number of amides is 1. The molecule has 0 aliphatic heterocycles. The zero-order valence-corrected chi connectivity index (χ0v) is 10.5. The third kappa shape index (κ3) is 4.03. The molecular weight excluding hydrogens is 244 g/mol. The Balaban J connectivity index is 2.91. The molecule has 0 aliphatic rings. The molecule has 0 saturated heterocycles. The van der Waals surface area contributed by atoms with Crippen molar-refractivity contribution in [1.29, 1.82) is 0 Å². The maximum absolute atomic E-state index is 11.4. The van der Waals surface area contributed by atoms with Crippen molar-refractivity contribution in [1.82, 2.24) is 20.3 Å². The average molecular weight is 259 g/mol. The van der Waals surface area contributed by atoms with E-state index in [1.165, 1.54) is 0 Å².